The molecular weight excluding hydrogens is 320 g/mol. The van der Waals surface area contributed by atoms with E-state index in [0.29, 0.717) is 12.5 Å². The number of rotatable bonds is 5. The monoisotopic (exact) mass is 346 g/mol. The average Bonchev–Trinajstić information content (AvgIpc) is 3.13. The Bertz CT molecular complexity index is 620. The molecule has 3 rings (SSSR count). The number of aromatic nitrogens is 1. The number of ether oxygens (including phenoxy) is 1. The summed E-state index contributed by atoms with van der Waals surface area (Å²) in [6.45, 7) is 3.57. The van der Waals surface area contributed by atoms with Crippen LogP contribution in [0.15, 0.2) is 18.2 Å². The van der Waals surface area contributed by atoms with E-state index in [1.807, 2.05) is 4.90 Å². The summed E-state index contributed by atoms with van der Waals surface area (Å²) in [7, 11) is 0. The van der Waals surface area contributed by atoms with Gasteiger partial charge >= 0.3 is 5.97 Å². The second-order valence-electron chi connectivity index (χ2n) is 7.22. The molecule has 6 heteroatoms. The van der Waals surface area contributed by atoms with Crippen LogP contribution in [0.5, 0.6) is 0 Å². The van der Waals surface area contributed by atoms with E-state index in [1.54, 1.807) is 12.1 Å². The third kappa shape index (κ3) is 4.37. The molecule has 1 N–H and O–H groups in total. The third-order valence-corrected chi connectivity index (χ3v) is 5.30. The fraction of sp³-hybridized carbons (Fsp3) is 0.632. The van der Waals surface area contributed by atoms with Crippen molar-refractivity contribution in [1.82, 2.24) is 9.88 Å². The van der Waals surface area contributed by atoms with Crippen LogP contribution in [0.3, 0.4) is 0 Å². The molecule has 1 aliphatic carbocycles. The van der Waals surface area contributed by atoms with E-state index >= 15 is 0 Å². The van der Waals surface area contributed by atoms with Crippen molar-refractivity contribution in [2.24, 2.45) is 5.92 Å². The van der Waals surface area contributed by atoms with Crippen LogP contribution in [0, 0.1) is 5.92 Å². The highest BCUT2D eigenvalue weighted by atomic mass is 16.5. The zero-order valence-electron chi connectivity index (χ0n) is 14.7. The van der Waals surface area contributed by atoms with Gasteiger partial charge in [0, 0.05) is 19.2 Å². The molecule has 2 fully saturated rings. The topological polar surface area (TPSA) is 79.7 Å². The first-order chi connectivity index (χ1) is 12.0. The Morgan fingerprint density at radius 2 is 1.92 bits per heavy atom. The summed E-state index contributed by atoms with van der Waals surface area (Å²) in [5, 5.41) is 9.13. The Labute approximate surface area is 148 Å². The maximum absolute atomic E-state index is 13.1. The molecule has 25 heavy (non-hydrogen) atoms. The molecule has 6 nitrogen and oxygen atoms in total. The summed E-state index contributed by atoms with van der Waals surface area (Å²) in [5.74, 6) is -0.602. The largest absolute Gasteiger partial charge is 0.477 e. The first-order valence-electron chi connectivity index (χ1n) is 9.17. The molecule has 0 unspecified atom stereocenters. The predicted octanol–water partition coefficient (Wildman–Crippen LogP) is 2.98. The Balaban J connectivity index is 1.80. The lowest BCUT2D eigenvalue weighted by atomic mass is 9.86. The van der Waals surface area contributed by atoms with Crippen LogP contribution >= 0.6 is 0 Å². The minimum atomic E-state index is -1.12. The lowest BCUT2D eigenvalue weighted by molar-refractivity contribution is 0.0337. The summed E-state index contributed by atoms with van der Waals surface area (Å²) in [5.41, 5.74) is 0.108. The van der Waals surface area contributed by atoms with Crippen molar-refractivity contribution in [1.29, 1.82) is 0 Å². The van der Waals surface area contributed by atoms with Gasteiger partial charge in [-0.15, -0.1) is 0 Å². The molecule has 2 heterocycles. The van der Waals surface area contributed by atoms with Crippen molar-refractivity contribution >= 4 is 11.9 Å². The zero-order chi connectivity index (χ0) is 17.8. The molecule has 1 saturated carbocycles. The van der Waals surface area contributed by atoms with Crippen LogP contribution in [-0.2, 0) is 4.74 Å². The van der Waals surface area contributed by atoms with Gasteiger partial charge in [0.25, 0.3) is 5.91 Å². The SMILES string of the molecule is CC1CCC(N(C[C@@H]2CCCO2)C(=O)c2cccc(C(=O)O)n2)CC1. The van der Waals surface area contributed by atoms with Gasteiger partial charge in [0.1, 0.15) is 11.4 Å². The van der Waals surface area contributed by atoms with Gasteiger partial charge in [0.05, 0.1) is 6.10 Å². The Kier molecular flexibility index (Phi) is 5.68. The van der Waals surface area contributed by atoms with Gasteiger partial charge in [-0.1, -0.05) is 13.0 Å². The maximum Gasteiger partial charge on any atom is 0.354 e. The molecule has 1 atom stereocenters. The quantitative estimate of drug-likeness (QED) is 0.886. The van der Waals surface area contributed by atoms with Gasteiger partial charge in [-0.3, -0.25) is 4.79 Å². The average molecular weight is 346 g/mol. The van der Waals surface area contributed by atoms with Gasteiger partial charge in [0.15, 0.2) is 0 Å². The Morgan fingerprint density at radius 3 is 2.56 bits per heavy atom. The Morgan fingerprint density at radius 1 is 1.20 bits per heavy atom. The molecule has 0 aromatic carbocycles. The molecule has 1 amide bonds. The van der Waals surface area contributed by atoms with Crippen LogP contribution in [-0.4, -0.2) is 52.2 Å². The van der Waals surface area contributed by atoms with Crippen LogP contribution in [0.2, 0.25) is 0 Å². The first-order valence-corrected chi connectivity index (χ1v) is 9.17. The second kappa shape index (κ2) is 7.95. The predicted molar refractivity (Wildman–Crippen MR) is 92.6 cm³/mol. The van der Waals surface area contributed by atoms with E-state index in [0.717, 1.165) is 45.1 Å². The van der Waals surface area contributed by atoms with E-state index in [2.05, 4.69) is 11.9 Å². The summed E-state index contributed by atoms with van der Waals surface area (Å²) < 4.78 is 5.73. The number of hydrogen-bond acceptors (Lipinski definition) is 4. The summed E-state index contributed by atoms with van der Waals surface area (Å²) in [6, 6.07) is 4.77. The second-order valence-corrected chi connectivity index (χ2v) is 7.22. The van der Waals surface area contributed by atoms with Crippen LogP contribution in [0.25, 0.3) is 0 Å². The third-order valence-electron chi connectivity index (χ3n) is 5.30. The number of pyridine rings is 1. The molecule has 0 bridgehead atoms. The summed E-state index contributed by atoms with van der Waals surface area (Å²) >= 11 is 0. The van der Waals surface area contributed by atoms with Gasteiger partial charge < -0.3 is 14.7 Å². The zero-order valence-corrected chi connectivity index (χ0v) is 14.7. The van der Waals surface area contributed by atoms with Crippen LogP contribution in [0.1, 0.15) is 66.4 Å². The number of carbonyl (C=O) groups is 2. The number of carbonyl (C=O) groups excluding carboxylic acids is 1. The number of amides is 1. The van der Waals surface area contributed by atoms with Gasteiger partial charge in [-0.25, -0.2) is 9.78 Å². The lowest BCUT2D eigenvalue weighted by Crippen LogP contribution is -2.46. The molecule has 0 radical (unpaired) electrons. The van der Waals surface area contributed by atoms with Crippen LogP contribution < -0.4 is 0 Å². The van der Waals surface area contributed by atoms with Crippen molar-refractivity contribution < 1.29 is 19.4 Å². The maximum atomic E-state index is 13.1. The molecule has 0 spiro atoms. The Hall–Kier alpha value is -1.95. The standard InChI is InChI=1S/C19H26N2O4/c1-13-7-9-14(10-8-13)21(12-15-4-3-11-25-15)18(22)16-5-2-6-17(20-16)19(23)24/h2,5-6,13-15H,3-4,7-12H2,1H3,(H,23,24)/t13?,14?,15-/m0/s1. The fourth-order valence-corrected chi connectivity index (χ4v) is 3.78. The smallest absolute Gasteiger partial charge is 0.354 e. The minimum Gasteiger partial charge on any atom is -0.477 e. The van der Waals surface area contributed by atoms with E-state index in [1.165, 1.54) is 6.07 Å². The molecule has 2 aliphatic rings. The summed E-state index contributed by atoms with van der Waals surface area (Å²) in [4.78, 5) is 30.2. The lowest BCUT2D eigenvalue weighted by Gasteiger charge is -2.37. The van der Waals surface area contributed by atoms with E-state index in [9.17, 15) is 9.59 Å². The number of nitrogens with zero attached hydrogens (tertiary/aromatic N) is 2. The fourth-order valence-electron chi connectivity index (χ4n) is 3.78. The van der Waals surface area contributed by atoms with Crippen LogP contribution in [0.4, 0.5) is 0 Å². The van der Waals surface area contributed by atoms with E-state index < -0.39 is 5.97 Å². The number of carboxylic acid groups (broad SMARTS) is 1. The highest BCUT2D eigenvalue weighted by Crippen LogP contribution is 2.29. The van der Waals surface area contributed by atoms with Crippen molar-refractivity contribution in [2.75, 3.05) is 13.2 Å². The van der Waals surface area contributed by atoms with Gasteiger partial charge in [-0.2, -0.15) is 0 Å². The van der Waals surface area contributed by atoms with Crippen molar-refractivity contribution in [2.45, 2.75) is 57.6 Å². The molecule has 136 valence electrons. The highest BCUT2D eigenvalue weighted by Gasteiger charge is 2.32. The van der Waals surface area contributed by atoms with Gasteiger partial charge in [0.2, 0.25) is 0 Å². The molecule has 1 aliphatic heterocycles. The van der Waals surface area contributed by atoms with E-state index in [4.69, 9.17) is 9.84 Å². The molecule has 1 aromatic rings. The molecule has 1 aromatic heterocycles. The number of carboxylic acids is 1. The highest BCUT2D eigenvalue weighted by molar-refractivity contribution is 5.94. The van der Waals surface area contributed by atoms with Crippen molar-refractivity contribution in [3.8, 4) is 0 Å². The minimum absolute atomic E-state index is 0.0750. The van der Waals surface area contributed by atoms with Crippen molar-refractivity contribution in [3.05, 3.63) is 29.6 Å². The normalized spacial score (nSPS) is 26.4. The van der Waals surface area contributed by atoms with Crippen molar-refractivity contribution in [3.63, 3.8) is 0 Å². The molecular formula is C19H26N2O4. The van der Waals surface area contributed by atoms with E-state index in [-0.39, 0.29) is 29.4 Å². The first kappa shape index (κ1) is 17.9. The van der Waals surface area contributed by atoms with Gasteiger partial charge in [-0.05, 0) is 56.6 Å². The summed E-state index contributed by atoms with van der Waals surface area (Å²) in [6.07, 6.45) is 6.27. The number of hydrogen-bond donors (Lipinski definition) is 1. The molecule has 1 saturated heterocycles. The number of aromatic carboxylic acids is 1.